The van der Waals surface area contributed by atoms with Crippen LogP contribution in [0.1, 0.15) is 66.5 Å². The van der Waals surface area contributed by atoms with Crippen LogP contribution in [0.5, 0.6) is 5.88 Å². The van der Waals surface area contributed by atoms with Gasteiger partial charge in [0.1, 0.15) is 4.83 Å². The maximum absolute atomic E-state index is 12.7. The highest BCUT2D eigenvalue weighted by molar-refractivity contribution is 7.20. The van der Waals surface area contributed by atoms with Crippen LogP contribution >= 0.6 is 11.3 Å². The summed E-state index contributed by atoms with van der Waals surface area (Å²) in [6.07, 6.45) is 7.27. The zero-order chi connectivity index (χ0) is 19.8. The van der Waals surface area contributed by atoms with Gasteiger partial charge in [-0.05, 0) is 32.8 Å². The van der Waals surface area contributed by atoms with E-state index in [0.717, 1.165) is 28.8 Å². The highest BCUT2D eigenvalue weighted by Gasteiger charge is 2.23. The summed E-state index contributed by atoms with van der Waals surface area (Å²) in [5.74, 6) is -0.317. The average molecular weight is 404 g/mol. The first-order valence-electron chi connectivity index (χ1n) is 9.71. The second kappa shape index (κ2) is 7.46. The molecule has 28 heavy (non-hydrogen) atoms. The molecule has 3 heterocycles. The summed E-state index contributed by atoms with van der Waals surface area (Å²) in [5, 5.41) is 18.4. The Hall–Kier alpha value is -2.55. The van der Waals surface area contributed by atoms with E-state index in [2.05, 4.69) is 15.0 Å². The number of imidazole rings is 1. The number of carbonyl (C=O) groups is 1. The van der Waals surface area contributed by atoms with Crippen molar-refractivity contribution in [3.8, 4) is 5.88 Å². The van der Waals surface area contributed by atoms with Crippen molar-refractivity contribution >= 4 is 27.5 Å². The first-order valence-corrected chi connectivity index (χ1v) is 10.5. The summed E-state index contributed by atoms with van der Waals surface area (Å²) >= 11 is 1.47. The molecule has 9 heteroatoms. The Labute approximate surface area is 166 Å². The minimum atomic E-state index is -0.399. The molecule has 1 aliphatic carbocycles. The van der Waals surface area contributed by atoms with E-state index in [1.165, 1.54) is 41.4 Å². The van der Waals surface area contributed by atoms with E-state index in [9.17, 15) is 14.7 Å². The van der Waals surface area contributed by atoms with Gasteiger partial charge in [-0.15, -0.1) is 11.3 Å². The van der Waals surface area contributed by atoms with Crippen LogP contribution in [0.15, 0.2) is 17.1 Å². The largest absolute Gasteiger partial charge is 0.493 e. The second-order valence-electron chi connectivity index (χ2n) is 7.53. The molecular weight excluding hydrogens is 378 g/mol. The van der Waals surface area contributed by atoms with E-state index in [1.807, 2.05) is 13.0 Å². The SMILES string of the molecule is Cc1nn(C2CCCCC2)c2sc(C(=O)NC[C@@H](C)n3c(O)c[nH]c3=O)cc12. The van der Waals surface area contributed by atoms with Crippen molar-refractivity contribution in [2.24, 2.45) is 0 Å². The Kier molecular flexibility index (Phi) is 5.01. The summed E-state index contributed by atoms with van der Waals surface area (Å²) < 4.78 is 3.33. The summed E-state index contributed by atoms with van der Waals surface area (Å²) in [6.45, 7) is 4.00. The van der Waals surface area contributed by atoms with Gasteiger partial charge in [0, 0.05) is 11.9 Å². The second-order valence-corrected chi connectivity index (χ2v) is 8.56. The van der Waals surface area contributed by atoms with Gasteiger partial charge in [-0.25, -0.2) is 4.79 Å². The number of aromatic hydroxyl groups is 1. The molecule has 150 valence electrons. The molecule has 3 N–H and O–H groups in total. The van der Waals surface area contributed by atoms with Gasteiger partial charge in [0.2, 0.25) is 5.88 Å². The van der Waals surface area contributed by atoms with E-state index in [-0.39, 0.29) is 24.4 Å². The highest BCUT2D eigenvalue weighted by Crippen LogP contribution is 2.35. The van der Waals surface area contributed by atoms with Gasteiger partial charge in [0.15, 0.2) is 0 Å². The molecule has 1 fully saturated rings. The number of amides is 1. The number of hydrogen-bond donors (Lipinski definition) is 3. The number of aromatic amines is 1. The molecule has 0 aliphatic heterocycles. The molecule has 8 nitrogen and oxygen atoms in total. The number of hydrogen-bond acceptors (Lipinski definition) is 5. The van der Waals surface area contributed by atoms with Crippen LogP contribution in [0, 0.1) is 6.92 Å². The number of nitrogens with one attached hydrogen (secondary N) is 2. The monoisotopic (exact) mass is 403 g/mol. The van der Waals surface area contributed by atoms with Gasteiger partial charge in [-0.2, -0.15) is 5.10 Å². The highest BCUT2D eigenvalue weighted by atomic mass is 32.1. The Morgan fingerprint density at radius 1 is 1.43 bits per heavy atom. The number of fused-ring (bicyclic) bond motifs is 1. The molecule has 0 bridgehead atoms. The molecule has 0 aromatic carbocycles. The van der Waals surface area contributed by atoms with Crippen molar-refractivity contribution in [2.75, 3.05) is 6.54 Å². The van der Waals surface area contributed by atoms with Crippen LogP contribution in [0.2, 0.25) is 0 Å². The van der Waals surface area contributed by atoms with E-state index in [0.29, 0.717) is 10.9 Å². The first-order chi connectivity index (χ1) is 13.5. The van der Waals surface area contributed by atoms with Crippen molar-refractivity contribution in [1.82, 2.24) is 24.6 Å². The lowest BCUT2D eigenvalue weighted by Gasteiger charge is -2.22. The molecule has 3 aromatic rings. The maximum atomic E-state index is 12.7. The zero-order valence-electron chi connectivity index (χ0n) is 16.1. The number of carbonyl (C=O) groups excluding carboxylic acids is 1. The molecule has 0 radical (unpaired) electrons. The Bertz CT molecular complexity index is 1050. The predicted molar refractivity (Wildman–Crippen MR) is 108 cm³/mol. The molecule has 4 rings (SSSR count). The van der Waals surface area contributed by atoms with Crippen molar-refractivity contribution in [3.63, 3.8) is 0 Å². The summed E-state index contributed by atoms with van der Waals surface area (Å²) in [6, 6.07) is 1.96. The topological polar surface area (TPSA) is 105 Å². The van der Waals surface area contributed by atoms with Crippen LogP contribution < -0.4 is 11.0 Å². The zero-order valence-corrected chi connectivity index (χ0v) is 16.9. The van der Waals surface area contributed by atoms with E-state index >= 15 is 0 Å². The molecule has 1 atom stereocenters. The van der Waals surface area contributed by atoms with E-state index in [4.69, 9.17) is 5.10 Å². The fourth-order valence-corrected chi connectivity index (χ4v) is 5.12. The minimum absolute atomic E-state index is 0.142. The summed E-state index contributed by atoms with van der Waals surface area (Å²) in [5.41, 5.74) is 0.553. The van der Waals surface area contributed by atoms with Crippen LogP contribution in [0.3, 0.4) is 0 Å². The quantitative estimate of drug-likeness (QED) is 0.609. The normalized spacial score (nSPS) is 16.5. The van der Waals surface area contributed by atoms with Crippen molar-refractivity contribution in [1.29, 1.82) is 0 Å². The molecule has 0 spiro atoms. The maximum Gasteiger partial charge on any atom is 0.328 e. The average Bonchev–Trinajstić information content (AvgIpc) is 3.35. The van der Waals surface area contributed by atoms with Crippen molar-refractivity contribution in [2.45, 2.75) is 58.0 Å². The number of aryl methyl sites for hydroxylation is 1. The number of thiophene rings is 1. The number of nitrogens with zero attached hydrogens (tertiary/aromatic N) is 3. The third-order valence-electron chi connectivity index (χ3n) is 5.50. The van der Waals surface area contributed by atoms with Crippen LogP contribution in [0.4, 0.5) is 0 Å². The van der Waals surface area contributed by atoms with Gasteiger partial charge in [0.25, 0.3) is 5.91 Å². The summed E-state index contributed by atoms with van der Waals surface area (Å²) in [4.78, 5) is 28.5. The lowest BCUT2D eigenvalue weighted by atomic mass is 9.96. The first kappa shape index (κ1) is 18.8. The molecule has 1 saturated carbocycles. The van der Waals surface area contributed by atoms with Gasteiger partial charge in [-0.3, -0.25) is 14.0 Å². The van der Waals surface area contributed by atoms with Crippen LogP contribution in [0.25, 0.3) is 10.2 Å². The fourth-order valence-electron chi connectivity index (χ4n) is 3.97. The van der Waals surface area contributed by atoms with Gasteiger partial charge in [-0.1, -0.05) is 19.3 Å². The van der Waals surface area contributed by atoms with Crippen molar-refractivity contribution < 1.29 is 9.90 Å². The number of aromatic nitrogens is 4. The molecule has 3 aromatic heterocycles. The Morgan fingerprint density at radius 3 is 2.86 bits per heavy atom. The van der Waals surface area contributed by atoms with E-state index < -0.39 is 5.69 Å². The van der Waals surface area contributed by atoms with Crippen LogP contribution in [-0.2, 0) is 0 Å². The minimum Gasteiger partial charge on any atom is -0.493 e. The fraction of sp³-hybridized carbons (Fsp3) is 0.526. The summed E-state index contributed by atoms with van der Waals surface area (Å²) in [7, 11) is 0. The number of rotatable bonds is 5. The lowest BCUT2D eigenvalue weighted by Crippen LogP contribution is -2.32. The predicted octanol–water partition coefficient (Wildman–Crippen LogP) is 3.10. The Balaban J connectivity index is 1.51. The van der Waals surface area contributed by atoms with Crippen molar-refractivity contribution in [3.05, 3.63) is 33.3 Å². The standard InChI is InChI=1S/C19H25N5O3S/c1-11(23-16(25)10-21-19(23)27)9-20-17(26)15-8-14-12(2)22-24(18(14)28-15)13-6-4-3-5-7-13/h8,10-11,13,25H,3-7,9H2,1-2H3,(H,20,26)(H,21,27)/t11-/m1/s1. The molecule has 1 aliphatic rings. The molecule has 0 unspecified atom stereocenters. The third kappa shape index (κ3) is 3.34. The van der Waals surface area contributed by atoms with Gasteiger partial charge < -0.3 is 15.4 Å². The van der Waals surface area contributed by atoms with Gasteiger partial charge >= 0.3 is 5.69 Å². The smallest absolute Gasteiger partial charge is 0.328 e. The van der Waals surface area contributed by atoms with Gasteiger partial charge in [0.05, 0.1) is 28.9 Å². The number of H-pyrrole nitrogens is 1. The van der Waals surface area contributed by atoms with E-state index in [1.54, 1.807) is 6.92 Å². The Morgan fingerprint density at radius 2 is 2.18 bits per heavy atom. The lowest BCUT2D eigenvalue weighted by molar-refractivity contribution is 0.0952. The molecular formula is C19H25N5O3S. The molecule has 1 amide bonds. The molecule has 0 saturated heterocycles. The third-order valence-corrected chi connectivity index (χ3v) is 6.63. The van der Waals surface area contributed by atoms with Crippen LogP contribution in [-0.4, -0.2) is 36.9 Å².